The standard InChI is InChI=1S/C27H22F3NO4/c1-27(8-10-35-11-9-27)25-23(15-2-4-16(5-3-15)26(33)34)24-21(12-17(28)13-22(24)32)31(25)18-6-7-19(29)20(30)14-18/h2-7,12-14,32H,8-11H2,1H3,(H,33,34). The van der Waals surface area contributed by atoms with Crippen LogP contribution in [0.3, 0.4) is 0 Å². The van der Waals surface area contributed by atoms with Crippen LogP contribution in [0.2, 0.25) is 0 Å². The molecule has 35 heavy (non-hydrogen) atoms. The van der Waals surface area contributed by atoms with Gasteiger partial charge in [0.2, 0.25) is 0 Å². The van der Waals surface area contributed by atoms with Gasteiger partial charge < -0.3 is 19.5 Å². The van der Waals surface area contributed by atoms with Gasteiger partial charge in [-0.3, -0.25) is 0 Å². The minimum absolute atomic E-state index is 0.0900. The average Bonchev–Trinajstić information content (AvgIpc) is 3.17. The summed E-state index contributed by atoms with van der Waals surface area (Å²) in [5, 5.41) is 20.6. The van der Waals surface area contributed by atoms with Gasteiger partial charge in [-0.1, -0.05) is 19.1 Å². The van der Waals surface area contributed by atoms with Gasteiger partial charge in [-0.05, 0) is 48.7 Å². The summed E-state index contributed by atoms with van der Waals surface area (Å²) in [6, 6.07) is 11.9. The monoisotopic (exact) mass is 481 g/mol. The number of carboxylic acids is 1. The number of nitrogens with zero attached hydrogens (tertiary/aromatic N) is 1. The van der Waals surface area contributed by atoms with Crippen LogP contribution in [0.5, 0.6) is 5.75 Å². The Bertz CT molecular complexity index is 1450. The second kappa shape index (κ2) is 8.46. The van der Waals surface area contributed by atoms with Gasteiger partial charge in [0.15, 0.2) is 11.6 Å². The average molecular weight is 481 g/mol. The van der Waals surface area contributed by atoms with Crippen molar-refractivity contribution in [2.75, 3.05) is 13.2 Å². The molecule has 0 atom stereocenters. The van der Waals surface area contributed by atoms with Crippen LogP contribution >= 0.6 is 0 Å². The smallest absolute Gasteiger partial charge is 0.335 e. The molecule has 0 radical (unpaired) electrons. The first-order valence-electron chi connectivity index (χ1n) is 11.1. The fourth-order valence-corrected chi connectivity index (χ4v) is 4.94. The maximum atomic E-state index is 14.6. The van der Waals surface area contributed by atoms with E-state index in [0.717, 1.165) is 18.2 Å². The summed E-state index contributed by atoms with van der Waals surface area (Å²) in [6.45, 7) is 2.95. The number of phenols is 1. The van der Waals surface area contributed by atoms with Crippen LogP contribution in [0.15, 0.2) is 54.6 Å². The van der Waals surface area contributed by atoms with E-state index in [1.807, 2.05) is 6.92 Å². The molecule has 5 rings (SSSR count). The van der Waals surface area contributed by atoms with Crippen molar-refractivity contribution in [2.45, 2.75) is 25.2 Å². The highest BCUT2D eigenvalue weighted by atomic mass is 19.2. The molecule has 0 aliphatic carbocycles. The summed E-state index contributed by atoms with van der Waals surface area (Å²) >= 11 is 0. The molecule has 180 valence electrons. The number of carbonyl (C=O) groups is 1. The fourth-order valence-electron chi connectivity index (χ4n) is 4.94. The van der Waals surface area contributed by atoms with Crippen molar-refractivity contribution < 1.29 is 32.9 Å². The molecule has 3 aromatic carbocycles. The van der Waals surface area contributed by atoms with Gasteiger partial charge in [-0.25, -0.2) is 18.0 Å². The van der Waals surface area contributed by atoms with E-state index >= 15 is 0 Å². The third-order valence-electron chi connectivity index (χ3n) is 6.76. The number of phenolic OH excluding ortho intramolecular Hbond substituents is 1. The van der Waals surface area contributed by atoms with Gasteiger partial charge in [-0.15, -0.1) is 0 Å². The van der Waals surface area contributed by atoms with E-state index in [-0.39, 0.29) is 22.5 Å². The highest BCUT2D eigenvalue weighted by molar-refractivity contribution is 6.04. The molecule has 0 unspecified atom stereocenters. The number of aromatic hydroxyl groups is 1. The molecule has 1 saturated heterocycles. The van der Waals surface area contributed by atoms with E-state index < -0.39 is 28.8 Å². The van der Waals surface area contributed by atoms with E-state index in [1.165, 1.54) is 24.3 Å². The van der Waals surface area contributed by atoms with Crippen molar-refractivity contribution >= 4 is 16.9 Å². The molecule has 2 heterocycles. The first kappa shape index (κ1) is 23.0. The molecule has 0 saturated carbocycles. The van der Waals surface area contributed by atoms with Gasteiger partial charge in [0.05, 0.1) is 16.5 Å². The first-order chi connectivity index (χ1) is 16.7. The largest absolute Gasteiger partial charge is 0.507 e. The molecular weight excluding hydrogens is 459 g/mol. The van der Waals surface area contributed by atoms with E-state index in [0.29, 0.717) is 48.3 Å². The molecule has 5 nitrogen and oxygen atoms in total. The number of aromatic carboxylic acids is 1. The van der Waals surface area contributed by atoms with E-state index in [9.17, 15) is 28.2 Å². The Morgan fingerprint density at radius 2 is 1.66 bits per heavy atom. The number of carboxylic acid groups (broad SMARTS) is 1. The van der Waals surface area contributed by atoms with Crippen molar-refractivity contribution in [1.82, 2.24) is 4.57 Å². The van der Waals surface area contributed by atoms with E-state index in [4.69, 9.17) is 4.74 Å². The molecule has 1 aliphatic heterocycles. The Hall–Kier alpha value is -3.78. The SMILES string of the molecule is CC1(c2c(-c3ccc(C(=O)O)cc3)c3c(O)cc(F)cc3n2-c2ccc(F)c(F)c2)CCOCC1. The summed E-state index contributed by atoms with van der Waals surface area (Å²) in [5.74, 6) is -4.14. The van der Waals surface area contributed by atoms with Gasteiger partial charge in [0.25, 0.3) is 0 Å². The van der Waals surface area contributed by atoms with Crippen molar-refractivity contribution in [1.29, 1.82) is 0 Å². The summed E-state index contributed by atoms with van der Waals surface area (Å²) < 4.78 is 50.0. The Kier molecular flexibility index (Phi) is 5.56. The topological polar surface area (TPSA) is 71.7 Å². The number of rotatable bonds is 4. The molecule has 8 heteroatoms. The van der Waals surface area contributed by atoms with Crippen LogP contribution in [0.4, 0.5) is 13.2 Å². The maximum Gasteiger partial charge on any atom is 0.335 e. The minimum Gasteiger partial charge on any atom is -0.507 e. The van der Waals surface area contributed by atoms with Gasteiger partial charge >= 0.3 is 5.97 Å². The number of ether oxygens (including phenoxy) is 1. The third kappa shape index (κ3) is 3.83. The van der Waals surface area contributed by atoms with Gasteiger partial charge in [-0.2, -0.15) is 0 Å². The van der Waals surface area contributed by atoms with Crippen LogP contribution in [0, 0.1) is 17.5 Å². The third-order valence-corrected chi connectivity index (χ3v) is 6.76. The summed E-state index contributed by atoms with van der Waals surface area (Å²) in [5.41, 5.74) is 1.96. The van der Waals surface area contributed by atoms with Crippen LogP contribution in [0.25, 0.3) is 27.7 Å². The van der Waals surface area contributed by atoms with Crippen LogP contribution in [0.1, 0.15) is 35.8 Å². The number of aromatic nitrogens is 1. The van der Waals surface area contributed by atoms with Crippen LogP contribution in [-0.2, 0) is 10.2 Å². The van der Waals surface area contributed by atoms with E-state index in [1.54, 1.807) is 16.7 Å². The Labute approximate surface area is 199 Å². The van der Waals surface area contributed by atoms with E-state index in [2.05, 4.69) is 0 Å². The normalized spacial score (nSPS) is 15.4. The molecule has 4 aromatic rings. The lowest BCUT2D eigenvalue weighted by Gasteiger charge is -2.36. The second-order valence-corrected chi connectivity index (χ2v) is 9.03. The number of benzene rings is 3. The van der Waals surface area contributed by atoms with Crippen molar-refractivity contribution in [3.05, 3.63) is 83.3 Å². The number of hydrogen-bond donors (Lipinski definition) is 2. The Balaban J connectivity index is 1.93. The summed E-state index contributed by atoms with van der Waals surface area (Å²) in [7, 11) is 0. The van der Waals surface area contributed by atoms with Crippen LogP contribution in [-0.4, -0.2) is 34.0 Å². The lowest BCUT2D eigenvalue weighted by atomic mass is 9.76. The minimum atomic E-state index is -1.08. The predicted octanol–water partition coefficient (Wildman–Crippen LogP) is 6.19. The van der Waals surface area contributed by atoms with Crippen molar-refractivity contribution in [2.24, 2.45) is 0 Å². The molecular formula is C27H22F3NO4. The predicted molar refractivity (Wildman–Crippen MR) is 125 cm³/mol. The molecule has 0 spiro atoms. The van der Waals surface area contributed by atoms with Crippen molar-refractivity contribution in [3.8, 4) is 22.6 Å². The molecule has 0 bridgehead atoms. The molecule has 0 amide bonds. The first-order valence-corrected chi connectivity index (χ1v) is 11.1. The zero-order valence-corrected chi connectivity index (χ0v) is 18.8. The maximum absolute atomic E-state index is 14.6. The molecule has 1 aliphatic rings. The van der Waals surface area contributed by atoms with Gasteiger partial charge in [0.1, 0.15) is 11.6 Å². The lowest BCUT2D eigenvalue weighted by molar-refractivity contribution is 0.0548. The quantitative estimate of drug-likeness (QED) is 0.365. The Morgan fingerprint density at radius 1 is 0.971 bits per heavy atom. The summed E-state index contributed by atoms with van der Waals surface area (Å²) in [6.07, 6.45) is 1.19. The van der Waals surface area contributed by atoms with Crippen molar-refractivity contribution in [3.63, 3.8) is 0 Å². The number of halogens is 3. The number of hydrogen-bond acceptors (Lipinski definition) is 3. The van der Waals surface area contributed by atoms with Gasteiger partial charge in [0, 0.05) is 47.7 Å². The molecule has 1 aromatic heterocycles. The second-order valence-electron chi connectivity index (χ2n) is 9.03. The zero-order valence-electron chi connectivity index (χ0n) is 18.8. The lowest BCUT2D eigenvalue weighted by Crippen LogP contribution is -2.33. The zero-order chi connectivity index (χ0) is 24.9. The number of fused-ring (bicyclic) bond motifs is 1. The molecule has 1 fully saturated rings. The highest BCUT2D eigenvalue weighted by Gasteiger charge is 2.38. The highest BCUT2D eigenvalue weighted by Crippen LogP contribution is 2.49. The van der Waals surface area contributed by atoms with Crippen LogP contribution < -0.4 is 0 Å². The molecule has 2 N–H and O–H groups in total. The fraction of sp³-hybridized carbons (Fsp3) is 0.222. The summed E-state index contributed by atoms with van der Waals surface area (Å²) in [4.78, 5) is 11.4. The Morgan fingerprint density at radius 3 is 2.29 bits per heavy atom.